The molecule has 3 N–H and O–H groups in total. The van der Waals surface area contributed by atoms with Gasteiger partial charge in [0.25, 0.3) is 0 Å². The average Bonchev–Trinajstić information content (AvgIpc) is 3.35. The average molecular weight is 480 g/mol. The van der Waals surface area contributed by atoms with Crippen LogP contribution < -0.4 is 10.6 Å². The molecule has 0 aliphatic carbocycles. The zero-order valence-corrected chi connectivity index (χ0v) is 20.4. The quantitative estimate of drug-likeness (QED) is 0.519. The van der Waals surface area contributed by atoms with Crippen molar-refractivity contribution in [3.8, 4) is 5.75 Å². The van der Waals surface area contributed by atoms with Crippen LogP contribution in [0, 0.1) is 5.41 Å². The maximum Gasteiger partial charge on any atom is 0.308 e. The molecular weight excluding hydrogens is 446 g/mol. The van der Waals surface area contributed by atoms with Crippen LogP contribution in [0.3, 0.4) is 0 Å². The molecule has 0 aromatic heterocycles. The van der Waals surface area contributed by atoms with Crippen molar-refractivity contribution in [2.75, 3.05) is 6.54 Å². The van der Waals surface area contributed by atoms with Crippen LogP contribution in [-0.4, -0.2) is 58.6 Å². The summed E-state index contributed by atoms with van der Waals surface area (Å²) in [5, 5.41) is 16.3. The molecule has 2 fully saturated rings. The number of hydrogen-bond acceptors (Lipinski definition) is 6. The number of carbonyl (C=O) groups excluding carboxylic acids is 3. The van der Waals surface area contributed by atoms with E-state index in [2.05, 4.69) is 10.6 Å². The minimum atomic E-state index is -0.574. The second-order valence-corrected chi connectivity index (χ2v) is 10.3. The summed E-state index contributed by atoms with van der Waals surface area (Å²) in [5.74, 6) is -0.605. The number of nitrogens with one attached hydrogen (secondary N) is 2. The third-order valence-corrected chi connectivity index (χ3v) is 6.68. The van der Waals surface area contributed by atoms with Gasteiger partial charge in [0.05, 0.1) is 18.5 Å². The number of carbonyl (C=O) groups is 3. The summed E-state index contributed by atoms with van der Waals surface area (Å²) in [6, 6.07) is 3.26. The van der Waals surface area contributed by atoms with E-state index in [0.717, 1.165) is 12.0 Å². The molecule has 8 nitrogen and oxygen atoms in total. The molecule has 2 saturated heterocycles. The van der Waals surface area contributed by atoms with Crippen LogP contribution in [0.1, 0.15) is 58.9 Å². The first-order valence-electron chi connectivity index (χ1n) is 11.5. The highest BCUT2D eigenvalue weighted by Gasteiger charge is 2.43. The molecular formula is C24H34ClN3O5. The summed E-state index contributed by atoms with van der Waals surface area (Å²) in [6.45, 7) is 8.67. The van der Waals surface area contributed by atoms with Gasteiger partial charge in [-0.2, -0.15) is 0 Å². The van der Waals surface area contributed by atoms with Gasteiger partial charge in [0.15, 0.2) is 0 Å². The molecule has 3 rings (SSSR count). The molecule has 2 aliphatic rings. The number of amides is 2. The molecule has 0 unspecified atom stereocenters. The fourth-order valence-electron chi connectivity index (χ4n) is 4.53. The molecule has 2 aliphatic heterocycles. The predicted octanol–water partition coefficient (Wildman–Crippen LogP) is 2.75. The Balaban J connectivity index is 1.70. The minimum Gasteiger partial charge on any atom is -0.508 e. The third kappa shape index (κ3) is 5.98. The van der Waals surface area contributed by atoms with Crippen molar-refractivity contribution in [3.05, 3.63) is 28.8 Å². The molecule has 2 heterocycles. The Labute approximate surface area is 200 Å². The molecule has 0 saturated carbocycles. The molecule has 4 atom stereocenters. The number of cyclic esters (lactones) is 1. The van der Waals surface area contributed by atoms with Crippen LogP contribution in [0.2, 0.25) is 5.02 Å². The third-order valence-electron chi connectivity index (χ3n) is 6.33. The Hall–Kier alpha value is -2.32. The van der Waals surface area contributed by atoms with Crippen LogP contribution in [0.25, 0.3) is 0 Å². The molecule has 33 heavy (non-hydrogen) atoms. The van der Waals surface area contributed by atoms with E-state index in [9.17, 15) is 19.5 Å². The highest BCUT2D eigenvalue weighted by molar-refractivity contribution is 6.31. The zero-order valence-electron chi connectivity index (χ0n) is 19.7. The van der Waals surface area contributed by atoms with E-state index in [0.29, 0.717) is 31.0 Å². The Bertz CT molecular complexity index is 901. The molecule has 9 heteroatoms. The lowest BCUT2D eigenvalue weighted by molar-refractivity contribution is -0.142. The van der Waals surface area contributed by atoms with Crippen molar-refractivity contribution >= 4 is 29.4 Å². The number of aromatic hydroxyl groups is 1. The Morgan fingerprint density at radius 3 is 2.70 bits per heavy atom. The predicted molar refractivity (Wildman–Crippen MR) is 125 cm³/mol. The molecule has 2 amide bonds. The van der Waals surface area contributed by atoms with E-state index in [-0.39, 0.29) is 42.1 Å². The highest BCUT2D eigenvalue weighted by Crippen LogP contribution is 2.28. The summed E-state index contributed by atoms with van der Waals surface area (Å²) in [6.07, 6.45) is 1.77. The van der Waals surface area contributed by atoms with Crippen molar-refractivity contribution < 1.29 is 24.2 Å². The minimum absolute atomic E-state index is 0.0813. The maximum atomic E-state index is 13.6. The molecule has 182 valence electrons. The number of ether oxygens (including phenoxy) is 1. The molecule has 1 aromatic rings. The number of benzene rings is 1. The van der Waals surface area contributed by atoms with Gasteiger partial charge >= 0.3 is 5.97 Å². The largest absolute Gasteiger partial charge is 0.508 e. The topological polar surface area (TPSA) is 108 Å². The summed E-state index contributed by atoms with van der Waals surface area (Å²) < 4.78 is 5.26. The lowest BCUT2D eigenvalue weighted by atomic mass is 9.85. The second-order valence-electron chi connectivity index (χ2n) is 9.90. The van der Waals surface area contributed by atoms with E-state index in [4.69, 9.17) is 16.3 Å². The first kappa shape index (κ1) is 25.3. The number of esters is 1. The Morgan fingerprint density at radius 2 is 2.06 bits per heavy atom. The van der Waals surface area contributed by atoms with Gasteiger partial charge < -0.3 is 25.4 Å². The summed E-state index contributed by atoms with van der Waals surface area (Å²) in [4.78, 5) is 40.0. The highest BCUT2D eigenvalue weighted by atomic mass is 35.5. The van der Waals surface area contributed by atoms with E-state index in [1.54, 1.807) is 17.0 Å². The van der Waals surface area contributed by atoms with Crippen molar-refractivity contribution in [2.45, 2.75) is 84.2 Å². The number of nitrogens with zero attached hydrogens (tertiary/aromatic N) is 1. The van der Waals surface area contributed by atoms with Crippen LogP contribution in [0.4, 0.5) is 0 Å². The number of phenolic OH excluding ortho intramolecular Hbond substituents is 1. The molecule has 0 bridgehead atoms. The summed E-state index contributed by atoms with van der Waals surface area (Å²) in [5.41, 5.74) is 0.354. The van der Waals surface area contributed by atoms with Gasteiger partial charge in [0, 0.05) is 18.1 Å². The lowest BCUT2D eigenvalue weighted by Gasteiger charge is -2.36. The Morgan fingerprint density at radius 1 is 1.33 bits per heavy atom. The Kier molecular flexibility index (Phi) is 7.90. The van der Waals surface area contributed by atoms with Gasteiger partial charge in [-0.25, -0.2) is 0 Å². The van der Waals surface area contributed by atoms with Gasteiger partial charge in [-0.05, 0) is 42.4 Å². The normalized spacial score (nSPS) is 24.0. The summed E-state index contributed by atoms with van der Waals surface area (Å²) in [7, 11) is 0. The molecule has 1 aromatic carbocycles. The van der Waals surface area contributed by atoms with Crippen LogP contribution in [-0.2, 0) is 25.7 Å². The van der Waals surface area contributed by atoms with Crippen molar-refractivity contribution in [3.63, 3.8) is 0 Å². The fourth-order valence-corrected chi connectivity index (χ4v) is 4.77. The van der Waals surface area contributed by atoms with Gasteiger partial charge in [-0.1, -0.05) is 45.4 Å². The van der Waals surface area contributed by atoms with E-state index in [1.165, 1.54) is 6.07 Å². The maximum absolute atomic E-state index is 13.6. The number of likely N-dealkylation sites (tertiary alicyclic amines) is 1. The zero-order chi connectivity index (χ0) is 24.3. The van der Waals surface area contributed by atoms with E-state index in [1.807, 2.05) is 27.7 Å². The van der Waals surface area contributed by atoms with E-state index >= 15 is 0 Å². The van der Waals surface area contributed by atoms with Gasteiger partial charge in [0.2, 0.25) is 11.8 Å². The monoisotopic (exact) mass is 479 g/mol. The first-order chi connectivity index (χ1) is 15.5. The smallest absolute Gasteiger partial charge is 0.308 e. The SMILES string of the molecule is CC[C@@H]1OC(=O)C[C@@H]1NC(=O)[C@@H]1CCCN1C(=O)[C@@H](NCc1ccc(O)cc1Cl)C(C)(C)C. The van der Waals surface area contributed by atoms with Crippen LogP contribution in [0.5, 0.6) is 5.75 Å². The van der Waals surface area contributed by atoms with Crippen molar-refractivity contribution in [1.29, 1.82) is 0 Å². The number of halogens is 1. The number of hydrogen-bond donors (Lipinski definition) is 3. The molecule has 0 radical (unpaired) electrons. The second kappa shape index (κ2) is 10.3. The van der Waals surface area contributed by atoms with Gasteiger partial charge in [0.1, 0.15) is 17.9 Å². The van der Waals surface area contributed by atoms with Gasteiger partial charge in [-0.15, -0.1) is 0 Å². The standard InChI is InChI=1S/C24H34ClN3O5/c1-5-19-17(12-20(30)33-19)27-22(31)18-7-6-10-28(18)23(32)21(24(2,3)4)26-13-14-8-9-15(29)11-16(14)25/h8-9,11,17-19,21,26,29H,5-7,10,12-13H2,1-4H3,(H,27,31)/t17-,18-,19-,21+/m0/s1. The van der Waals surface area contributed by atoms with E-state index < -0.39 is 17.5 Å². The number of rotatable bonds is 7. The lowest BCUT2D eigenvalue weighted by Crippen LogP contribution is -2.57. The van der Waals surface area contributed by atoms with Crippen LogP contribution in [0.15, 0.2) is 18.2 Å². The van der Waals surface area contributed by atoms with Gasteiger partial charge in [-0.3, -0.25) is 14.4 Å². The van der Waals surface area contributed by atoms with Crippen molar-refractivity contribution in [2.24, 2.45) is 5.41 Å². The molecule has 0 spiro atoms. The number of phenols is 1. The summed E-state index contributed by atoms with van der Waals surface area (Å²) >= 11 is 6.23. The fraction of sp³-hybridized carbons (Fsp3) is 0.625. The van der Waals surface area contributed by atoms with Crippen molar-refractivity contribution in [1.82, 2.24) is 15.5 Å². The van der Waals surface area contributed by atoms with Crippen LogP contribution >= 0.6 is 11.6 Å². The first-order valence-corrected chi connectivity index (χ1v) is 11.9.